The van der Waals surface area contributed by atoms with Gasteiger partial charge in [-0.15, -0.1) is 6.58 Å². The van der Waals surface area contributed by atoms with E-state index >= 15 is 0 Å². The van der Waals surface area contributed by atoms with Crippen molar-refractivity contribution in [3.63, 3.8) is 0 Å². The fourth-order valence-electron chi connectivity index (χ4n) is 2.14. The van der Waals surface area contributed by atoms with Gasteiger partial charge in [0.2, 0.25) is 0 Å². The van der Waals surface area contributed by atoms with E-state index in [1.807, 2.05) is 40.7 Å². The lowest BCUT2D eigenvalue weighted by Crippen LogP contribution is -2.01. The molecule has 2 nitrogen and oxygen atoms in total. The summed E-state index contributed by atoms with van der Waals surface area (Å²) in [6.45, 7) is 25.3. The summed E-state index contributed by atoms with van der Waals surface area (Å²) in [7, 11) is 0.500. The summed E-state index contributed by atoms with van der Waals surface area (Å²) < 4.78 is 9.50. The second-order valence-corrected chi connectivity index (χ2v) is 4.87. The molecule has 26 heavy (non-hydrogen) atoms. The SMILES string of the molecule is C=CC.C=Cc1nc(C(CCC)CCCC)[nH]c1C=C.CC.CC.CF. The number of halogens is 1. The molecule has 0 aliphatic carbocycles. The van der Waals surface area contributed by atoms with Crippen LogP contribution in [0.4, 0.5) is 4.39 Å². The summed E-state index contributed by atoms with van der Waals surface area (Å²) in [5.74, 6) is 1.65. The van der Waals surface area contributed by atoms with Gasteiger partial charge in [-0.25, -0.2) is 4.98 Å². The second kappa shape index (κ2) is 28.2. The molecule has 0 fully saturated rings. The molecule has 1 N–H and O–H groups in total. The highest BCUT2D eigenvalue weighted by atomic mass is 19.1. The van der Waals surface area contributed by atoms with Gasteiger partial charge in [0.05, 0.1) is 18.6 Å². The van der Waals surface area contributed by atoms with Crippen molar-refractivity contribution in [2.45, 2.75) is 86.5 Å². The summed E-state index contributed by atoms with van der Waals surface area (Å²) >= 11 is 0. The van der Waals surface area contributed by atoms with Gasteiger partial charge in [-0.3, -0.25) is 4.39 Å². The maximum absolute atomic E-state index is 9.50. The number of nitrogens with one attached hydrogen (secondary N) is 1. The smallest absolute Gasteiger partial charge is 0.110 e. The Hall–Kier alpha value is -1.64. The number of hydrogen-bond donors (Lipinski definition) is 1. The number of unbranched alkanes of at least 4 members (excludes halogenated alkanes) is 1. The summed E-state index contributed by atoms with van der Waals surface area (Å²) in [6, 6.07) is 0. The molecule has 1 aromatic heterocycles. The van der Waals surface area contributed by atoms with Crippen LogP contribution in [0.1, 0.15) is 104 Å². The van der Waals surface area contributed by atoms with E-state index < -0.39 is 0 Å². The van der Waals surface area contributed by atoms with Crippen LogP contribution in [0.5, 0.6) is 0 Å². The molecule has 3 heteroatoms. The first kappa shape index (κ1) is 32.1. The van der Waals surface area contributed by atoms with Crippen molar-refractivity contribution < 1.29 is 4.39 Å². The Balaban J connectivity index is -0.000000231. The molecule has 0 aliphatic rings. The van der Waals surface area contributed by atoms with Crippen molar-refractivity contribution >= 4 is 12.2 Å². The number of allylic oxidation sites excluding steroid dienone is 1. The van der Waals surface area contributed by atoms with Crippen LogP contribution in [0, 0.1) is 0 Å². The molecule has 0 saturated carbocycles. The van der Waals surface area contributed by atoms with Crippen LogP contribution < -0.4 is 0 Å². The van der Waals surface area contributed by atoms with Crippen molar-refractivity contribution in [2.24, 2.45) is 0 Å². The molecule has 1 atom stereocenters. The largest absolute Gasteiger partial charge is 0.342 e. The van der Waals surface area contributed by atoms with E-state index in [2.05, 4.69) is 43.6 Å². The van der Waals surface area contributed by atoms with Crippen molar-refractivity contribution in [1.29, 1.82) is 0 Å². The lowest BCUT2D eigenvalue weighted by molar-refractivity contribution is 0.521. The minimum Gasteiger partial charge on any atom is -0.342 e. The van der Waals surface area contributed by atoms with E-state index in [0.717, 1.165) is 17.2 Å². The zero-order valence-electron chi connectivity index (χ0n) is 18.8. The summed E-state index contributed by atoms with van der Waals surface area (Å²) in [5, 5.41) is 0. The van der Waals surface area contributed by atoms with Crippen molar-refractivity contribution in [1.82, 2.24) is 9.97 Å². The molecule has 1 rings (SSSR count). The monoisotopic (exact) mass is 368 g/mol. The number of rotatable bonds is 8. The van der Waals surface area contributed by atoms with Gasteiger partial charge in [-0.2, -0.15) is 0 Å². The van der Waals surface area contributed by atoms with Gasteiger partial charge in [0, 0.05) is 5.92 Å². The lowest BCUT2D eigenvalue weighted by atomic mass is 9.96. The third kappa shape index (κ3) is 15.9. The number of aromatic amines is 1. The fraction of sp³-hybridized carbons (Fsp3) is 0.609. The number of imidazole rings is 1. The highest BCUT2D eigenvalue weighted by molar-refractivity contribution is 5.57. The molecule has 0 saturated heterocycles. The van der Waals surface area contributed by atoms with Crippen molar-refractivity contribution in [3.05, 3.63) is 43.0 Å². The highest BCUT2D eigenvalue weighted by Crippen LogP contribution is 2.26. The molecule has 0 amide bonds. The Morgan fingerprint density at radius 3 is 1.77 bits per heavy atom. The second-order valence-electron chi connectivity index (χ2n) is 4.87. The molecule has 0 aliphatic heterocycles. The van der Waals surface area contributed by atoms with Gasteiger partial charge >= 0.3 is 0 Å². The van der Waals surface area contributed by atoms with Crippen molar-refractivity contribution in [3.8, 4) is 0 Å². The first-order chi connectivity index (χ1) is 12.7. The molecular weight excluding hydrogens is 323 g/mol. The molecule has 1 heterocycles. The zero-order valence-corrected chi connectivity index (χ0v) is 18.8. The average Bonchev–Trinajstić information content (AvgIpc) is 3.14. The maximum atomic E-state index is 9.50. The minimum atomic E-state index is 0.500. The highest BCUT2D eigenvalue weighted by Gasteiger charge is 2.15. The first-order valence-corrected chi connectivity index (χ1v) is 9.97. The van der Waals surface area contributed by atoms with E-state index in [0.29, 0.717) is 13.1 Å². The Bertz CT molecular complexity index is 383. The van der Waals surface area contributed by atoms with Crippen LogP contribution in [0.2, 0.25) is 0 Å². The van der Waals surface area contributed by atoms with E-state index in [-0.39, 0.29) is 0 Å². The summed E-state index contributed by atoms with van der Waals surface area (Å²) in [6.07, 6.45) is 11.5. The Labute approximate surface area is 163 Å². The molecule has 1 aromatic rings. The quantitative estimate of drug-likeness (QED) is 0.457. The van der Waals surface area contributed by atoms with E-state index in [4.69, 9.17) is 0 Å². The maximum Gasteiger partial charge on any atom is 0.110 e. The van der Waals surface area contributed by atoms with Gasteiger partial charge < -0.3 is 4.98 Å². The van der Waals surface area contributed by atoms with Crippen LogP contribution in [0.15, 0.2) is 25.8 Å². The fourth-order valence-corrected chi connectivity index (χ4v) is 2.14. The molecule has 0 aromatic carbocycles. The van der Waals surface area contributed by atoms with Gasteiger partial charge in [-0.1, -0.05) is 80.0 Å². The first-order valence-electron chi connectivity index (χ1n) is 9.97. The van der Waals surface area contributed by atoms with Crippen LogP contribution in [-0.4, -0.2) is 17.1 Å². The summed E-state index contributed by atoms with van der Waals surface area (Å²) in [4.78, 5) is 8.00. The Morgan fingerprint density at radius 2 is 1.46 bits per heavy atom. The minimum absolute atomic E-state index is 0.500. The molecule has 0 spiro atoms. The number of hydrogen-bond acceptors (Lipinski definition) is 1. The van der Waals surface area contributed by atoms with Crippen LogP contribution in [0.25, 0.3) is 12.2 Å². The Kier molecular flexibility index (Phi) is 34.8. The molecule has 0 radical (unpaired) electrons. The molecule has 0 bridgehead atoms. The molecule has 154 valence electrons. The van der Waals surface area contributed by atoms with Gasteiger partial charge in [-0.05, 0) is 31.9 Å². The van der Waals surface area contributed by atoms with Gasteiger partial charge in [0.1, 0.15) is 5.82 Å². The Morgan fingerprint density at radius 1 is 0.962 bits per heavy atom. The van der Waals surface area contributed by atoms with Gasteiger partial charge in [0.25, 0.3) is 0 Å². The normalized spacial score (nSPS) is 9.27. The lowest BCUT2D eigenvalue weighted by Gasteiger charge is -2.12. The molecular formula is C23H45FN2. The molecule has 1 unspecified atom stereocenters. The van der Waals surface area contributed by atoms with E-state index in [1.165, 1.54) is 32.1 Å². The van der Waals surface area contributed by atoms with Crippen molar-refractivity contribution in [2.75, 3.05) is 7.18 Å². The standard InChI is InChI=1S/C15H24N2.C3H6.2C2H6.CH3F/c1-5-9-11-12(10-6-2)15-16-13(7-3)14(8-4)17-15;1-3-2;3*1-2/h7-8,12H,3-6,9-11H2,1-2H3,(H,16,17);3H,1H2,2H3;2*1-2H3;1H3. The van der Waals surface area contributed by atoms with Crippen LogP contribution in [0.3, 0.4) is 0 Å². The average molecular weight is 369 g/mol. The van der Waals surface area contributed by atoms with E-state index in [1.54, 1.807) is 12.2 Å². The number of nitrogens with zero attached hydrogens (tertiary/aromatic N) is 1. The van der Waals surface area contributed by atoms with Gasteiger partial charge in [0.15, 0.2) is 0 Å². The van der Waals surface area contributed by atoms with Crippen LogP contribution >= 0.6 is 0 Å². The van der Waals surface area contributed by atoms with E-state index in [9.17, 15) is 4.39 Å². The number of alkyl halides is 1. The third-order valence-electron chi connectivity index (χ3n) is 3.11. The number of aromatic nitrogens is 2. The zero-order chi connectivity index (χ0) is 21.4. The number of H-pyrrole nitrogens is 1. The predicted octanol–water partition coefficient (Wildman–Crippen LogP) is 8.60. The van der Waals surface area contributed by atoms with Crippen LogP contribution in [-0.2, 0) is 0 Å². The topological polar surface area (TPSA) is 28.7 Å². The summed E-state index contributed by atoms with van der Waals surface area (Å²) in [5.41, 5.74) is 1.92. The third-order valence-corrected chi connectivity index (χ3v) is 3.11. The predicted molar refractivity (Wildman–Crippen MR) is 122 cm³/mol.